The van der Waals surface area contributed by atoms with E-state index in [1.165, 1.54) is 48.5 Å². The maximum absolute atomic E-state index is 14.1. The molecule has 2 saturated heterocycles. The summed E-state index contributed by atoms with van der Waals surface area (Å²) in [5.74, 6) is 1.90. The maximum atomic E-state index is 14.1. The average Bonchev–Trinajstić information content (AvgIpc) is 3.63. The highest BCUT2D eigenvalue weighted by Crippen LogP contribution is 2.41. The third-order valence-corrected chi connectivity index (χ3v) is 13.1. The number of hydrogen-bond donors (Lipinski definition) is 1. The van der Waals surface area contributed by atoms with E-state index in [0.717, 1.165) is 74.0 Å². The number of hydrogen-bond acceptors (Lipinski definition) is 7. The van der Waals surface area contributed by atoms with E-state index in [9.17, 15) is 31.1 Å². The number of likely N-dealkylation sites (tertiary alicyclic amines) is 2. The van der Waals surface area contributed by atoms with Crippen molar-refractivity contribution in [1.29, 1.82) is 0 Å². The van der Waals surface area contributed by atoms with E-state index in [2.05, 4.69) is 4.90 Å². The lowest BCUT2D eigenvalue weighted by molar-refractivity contribution is -0.139. The summed E-state index contributed by atoms with van der Waals surface area (Å²) in [6, 6.07) is 3.92. The van der Waals surface area contributed by atoms with Crippen LogP contribution in [0, 0.1) is 11.8 Å². The highest BCUT2D eigenvalue weighted by Gasteiger charge is 2.36. The van der Waals surface area contributed by atoms with Gasteiger partial charge >= 0.3 is 6.18 Å². The Bertz CT molecular complexity index is 1510. The number of benzene rings is 1. The van der Waals surface area contributed by atoms with E-state index in [-0.39, 0.29) is 24.5 Å². The van der Waals surface area contributed by atoms with Crippen LogP contribution in [0.2, 0.25) is 0 Å². The van der Waals surface area contributed by atoms with Crippen molar-refractivity contribution in [1.82, 2.24) is 23.9 Å². The van der Waals surface area contributed by atoms with Crippen LogP contribution in [0.5, 0.6) is 0 Å². The quantitative estimate of drug-likeness (QED) is 0.173. The van der Waals surface area contributed by atoms with Crippen LogP contribution in [0.4, 0.5) is 17.6 Å². The molecule has 3 fully saturated rings. The fraction of sp³-hybridized carbons (Fsp3) is 0.735. The summed E-state index contributed by atoms with van der Waals surface area (Å²) in [5.41, 5.74) is 1.58. The van der Waals surface area contributed by atoms with Crippen molar-refractivity contribution in [3.8, 4) is 11.3 Å². The summed E-state index contributed by atoms with van der Waals surface area (Å²) in [6.45, 7) is 3.91. The molecule has 1 unspecified atom stereocenters. The lowest BCUT2D eigenvalue weighted by Gasteiger charge is -2.38. The van der Waals surface area contributed by atoms with Crippen LogP contribution in [0.25, 0.3) is 11.3 Å². The molecule has 8 nitrogen and oxygen atoms in total. The Labute approximate surface area is 286 Å². The van der Waals surface area contributed by atoms with Gasteiger partial charge in [0.1, 0.15) is 0 Å². The number of alkyl halides is 4. The zero-order chi connectivity index (χ0) is 34.1. The summed E-state index contributed by atoms with van der Waals surface area (Å²) >= 11 is 1.04. The van der Waals surface area contributed by atoms with Crippen LogP contribution in [0.3, 0.4) is 0 Å². The van der Waals surface area contributed by atoms with Gasteiger partial charge < -0.3 is 10.0 Å². The van der Waals surface area contributed by atoms with Gasteiger partial charge in [0.15, 0.2) is 6.30 Å². The van der Waals surface area contributed by atoms with Gasteiger partial charge in [0.2, 0.25) is 10.0 Å². The van der Waals surface area contributed by atoms with Gasteiger partial charge in [-0.05, 0) is 62.7 Å². The monoisotopic (exact) mass is 715 g/mol. The molecule has 1 N–H and O–H groups in total. The fourth-order valence-corrected chi connectivity index (χ4v) is 10.1. The van der Waals surface area contributed by atoms with Gasteiger partial charge in [0.25, 0.3) is 0 Å². The molecule has 1 aromatic carbocycles. The molecule has 0 amide bonds. The molecule has 0 spiro atoms. The number of nitrogens with zero attached hydrogens (tertiary/aromatic N) is 5. The third kappa shape index (κ3) is 8.59. The van der Waals surface area contributed by atoms with Gasteiger partial charge in [-0.15, -0.1) is 11.8 Å². The molecule has 48 heavy (non-hydrogen) atoms. The highest BCUT2D eigenvalue weighted by atomic mass is 32.2. The van der Waals surface area contributed by atoms with Crippen molar-refractivity contribution >= 4 is 21.8 Å². The van der Waals surface area contributed by atoms with E-state index < -0.39 is 34.2 Å². The zero-order valence-corrected chi connectivity index (χ0v) is 29.4. The van der Waals surface area contributed by atoms with Crippen LogP contribution in [0.1, 0.15) is 74.6 Å². The Morgan fingerprint density at radius 3 is 2.38 bits per heavy atom. The number of aliphatic hydroxyl groups is 1. The van der Waals surface area contributed by atoms with Gasteiger partial charge in [0.05, 0.1) is 30.2 Å². The van der Waals surface area contributed by atoms with E-state index in [1.54, 1.807) is 9.58 Å². The Balaban J connectivity index is 1.20. The molecular formula is C34H49F4N5O3S2. The van der Waals surface area contributed by atoms with Crippen molar-refractivity contribution in [2.45, 2.75) is 101 Å². The molecule has 2 aromatic rings. The van der Waals surface area contributed by atoms with Crippen LogP contribution in [-0.2, 0) is 35.7 Å². The molecule has 1 aliphatic carbocycles. The minimum Gasteiger partial charge on any atom is -0.390 e. The van der Waals surface area contributed by atoms with E-state index >= 15 is 0 Å². The van der Waals surface area contributed by atoms with Crippen LogP contribution in [0.15, 0.2) is 23.1 Å². The highest BCUT2D eigenvalue weighted by molar-refractivity contribution is 7.99. The minimum absolute atomic E-state index is 0.0327. The lowest BCUT2D eigenvalue weighted by atomic mass is 9.76. The molecule has 4 heterocycles. The summed E-state index contributed by atoms with van der Waals surface area (Å²) in [6.07, 6.45) is 5.41. The molecule has 14 heteroatoms. The predicted octanol–water partition coefficient (Wildman–Crippen LogP) is 6.02. The molecule has 3 aliphatic heterocycles. The SMILES string of the molecule is CS(=O)(=O)N1CCc2c(c(-c3ccc(C(F)(F)F)c(SCCN4CCCC4F)c3)nn2C[C@@H](O)CN2CCC(C3CCCCC3)CC2)C1. The third-order valence-electron chi connectivity index (χ3n) is 10.8. The number of aliphatic hydroxyl groups excluding tert-OH is 1. The largest absolute Gasteiger partial charge is 0.417 e. The Morgan fingerprint density at radius 1 is 0.979 bits per heavy atom. The smallest absolute Gasteiger partial charge is 0.390 e. The molecular weight excluding hydrogens is 667 g/mol. The number of β-amino-alcohol motifs (C(OH)–C–C–N with tert-alkyl or cyclic N) is 1. The fourth-order valence-electron chi connectivity index (χ4n) is 8.23. The molecule has 1 saturated carbocycles. The summed E-state index contributed by atoms with van der Waals surface area (Å²) in [4.78, 5) is 4.01. The van der Waals surface area contributed by atoms with Crippen molar-refractivity contribution in [3.63, 3.8) is 0 Å². The van der Waals surface area contributed by atoms with Crippen LogP contribution < -0.4 is 0 Å². The Morgan fingerprint density at radius 2 is 1.71 bits per heavy atom. The van der Waals surface area contributed by atoms with Gasteiger partial charge in [-0.2, -0.15) is 22.6 Å². The second-order valence-electron chi connectivity index (χ2n) is 14.2. The average molecular weight is 716 g/mol. The standard InChI is InChI=1S/C34H49F4N5O3S2/c1-48(45,46)42-17-13-30-28(23-42)33(26-9-10-29(34(36,37)38)31(20-26)47-19-18-41-14-5-8-32(41)35)39-43(30)22-27(44)21-40-15-11-25(12-16-40)24-6-3-2-4-7-24/h9-10,20,24-25,27,32,44H,2-8,11-19,21-23H2,1H3/t27-,32?/m0/s1. The maximum Gasteiger partial charge on any atom is 0.417 e. The minimum atomic E-state index is -4.57. The Kier molecular flexibility index (Phi) is 11.5. The van der Waals surface area contributed by atoms with Crippen molar-refractivity contribution in [2.75, 3.05) is 51.3 Å². The first-order valence-corrected chi connectivity index (χ1v) is 20.4. The number of thioether (sulfide) groups is 1. The van der Waals surface area contributed by atoms with E-state index in [0.29, 0.717) is 55.0 Å². The topological polar surface area (TPSA) is 81.9 Å². The second kappa shape index (κ2) is 15.3. The number of fused-ring (bicyclic) bond motifs is 1. The van der Waals surface area contributed by atoms with Gasteiger partial charge in [-0.1, -0.05) is 38.2 Å². The summed E-state index contributed by atoms with van der Waals surface area (Å²) in [7, 11) is -3.52. The molecule has 0 radical (unpaired) electrons. The number of piperidine rings is 1. The number of sulfonamides is 1. The number of aromatic nitrogens is 2. The van der Waals surface area contributed by atoms with Crippen molar-refractivity contribution in [3.05, 3.63) is 35.0 Å². The van der Waals surface area contributed by atoms with E-state index in [1.807, 2.05) is 0 Å². The molecule has 268 valence electrons. The summed E-state index contributed by atoms with van der Waals surface area (Å²) < 4.78 is 84.5. The van der Waals surface area contributed by atoms with E-state index in [4.69, 9.17) is 5.10 Å². The number of rotatable bonds is 11. The predicted molar refractivity (Wildman–Crippen MR) is 180 cm³/mol. The van der Waals surface area contributed by atoms with Crippen LogP contribution in [-0.4, -0.2) is 101 Å². The van der Waals surface area contributed by atoms with Gasteiger partial charge in [0, 0.05) is 66.6 Å². The first-order chi connectivity index (χ1) is 22.9. The molecule has 1 aromatic heterocycles. The first-order valence-electron chi connectivity index (χ1n) is 17.5. The van der Waals surface area contributed by atoms with Crippen molar-refractivity contribution in [2.24, 2.45) is 11.8 Å². The number of halogens is 4. The normalized spacial score (nSPS) is 23.5. The lowest BCUT2D eigenvalue weighted by Crippen LogP contribution is -2.42. The molecule has 6 rings (SSSR count). The van der Waals surface area contributed by atoms with Crippen molar-refractivity contribution < 1.29 is 31.1 Å². The van der Waals surface area contributed by atoms with Gasteiger partial charge in [-0.3, -0.25) is 9.58 Å². The van der Waals surface area contributed by atoms with Crippen LogP contribution >= 0.6 is 11.8 Å². The first kappa shape index (κ1) is 36.1. The second-order valence-corrected chi connectivity index (χ2v) is 17.3. The molecule has 4 aliphatic rings. The van der Waals surface area contributed by atoms with Gasteiger partial charge in [-0.25, -0.2) is 12.8 Å². The molecule has 0 bridgehead atoms. The summed E-state index contributed by atoms with van der Waals surface area (Å²) in [5, 5.41) is 16.1. The Hall–Kier alpha value is -1.71. The molecule has 2 atom stereocenters. The zero-order valence-electron chi connectivity index (χ0n) is 27.8.